The molecule has 45 heavy (non-hydrogen) atoms. The lowest BCUT2D eigenvalue weighted by Crippen LogP contribution is -2.39. The molecule has 5 atom stereocenters. The SMILES string of the molecule is CC1CCC(C(=O)Oc2cccc3c2[C@@]2(CC3)CCc3cccc(OC(=O)C4CCC(CCCC#N)C(F)(F)C4)c32)CC1(F)F. The smallest absolute Gasteiger partial charge is 0.314 e. The van der Waals surface area contributed by atoms with E-state index in [0.29, 0.717) is 56.4 Å². The third-order valence-electron chi connectivity index (χ3n) is 10.9. The van der Waals surface area contributed by atoms with E-state index in [0.717, 1.165) is 22.3 Å². The Hall–Kier alpha value is -3.41. The van der Waals surface area contributed by atoms with Crippen LogP contribution in [0.2, 0.25) is 0 Å². The second kappa shape index (κ2) is 12.1. The summed E-state index contributed by atoms with van der Waals surface area (Å²) in [6.45, 7) is 1.51. The van der Waals surface area contributed by atoms with Crippen LogP contribution in [0.5, 0.6) is 11.5 Å². The molecule has 4 aliphatic carbocycles. The van der Waals surface area contributed by atoms with Gasteiger partial charge in [0.2, 0.25) is 0 Å². The summed E-state index contributed by atoms with van der Waals surface area (Å²) in [6, 6.07) is 13.0. The van der Waals surface area contributed by atoms with Gasteiger partial charge in [0.25, 0.3) is 11.8 Å². The van der Waals surface area contributed by atoms with Crippen molar-refractivity contribution in [2.45, 2.75) is 108 Å². The number of unbranched alkanes of at least 4 members (excludes halogenated alkanes) is 1. The fourth-order valence-corrected chi connectivity index (χ4v) is 8.35. The molecule has 0 amide bonds. The number of carbonyl (C=O) groups is 2. The van der Waals surface area contributed by atoms with E-state index in [1.54, 1.807) is 24.3 Å². The minimum atomic E-state index is -3.01. The summed E-state index contributed by atoms with van der Waals surface area (Å²) in [6.07, 6.45) is 3.65. The van der Waals surface area contributed by atoms with Crippen LogP contribution < -0.4 is 9.47 Å². The first kappa shape index (κ1) is 31.6. The molecule has 2 saturated carbocycles. The van der Waals surface area contributed by atoms with E-state index < -0.39 is 65.7 Å². The van der Waals surface area contributed by atoms with Crippen molar-refractivity contribution in [2.75, 3.05) is 0 Å². The van der Waals surface area contributed by atoms with Crippen molar-refractivity contribution in [1.82, 2.24) is 0 Å². The Bertz CT molecular complexity index is 1510. The molecule has 4 unspecified atom stereocenters. The monoisotopic (exact) mass is 625 g/mol. The van der Waals surface area contributed by atoms with E-state index in [2.05, 4.69) is 0 Å². The van der Waals surface area contributed by atoms with Crippen LogP contribution in [0, 0.1) is 35.0 Å². The third kappa shape index (κ3) is 5.86. The van der Waals surface area contributed by atoms with E-state index in [4.69, 9.17) is 14.7 Å². The highest BCUT2D eigenvalue weighted by Crippen LogP contribution is 2.58. The van der Waals surface area contributed by atoms with Gasteiger partial charge < -0.3 is 9.47 Å². The van der Waals surface area contributed by atoms with Gasteiger partial charge in [0.15, 0.2) is 0 Å². The number of hydrogen-bond donors (Lipinski definition) is 0. The van der Waals surface area contributed by atoms with Crippen LogP contribution in [0.25, 0.3) is 0 Å². The topological polar surface area (TPSA) is 76.4 Å². The number of rotatable bonds is 7. The summed E-state index contributed by atoms with van der Waals surface area (Å²) < 4.78 is 70.9. The van der Waals surface area contributed by atoms with Crippen LogP contribution in [0.3, 0.4) is 0 Å². The molecule has 4 aliphatic rings. The Morgan fingerprint density at radius 1 is 0.822 bits per heavy atom. The lowest BCUT2D eigenvalue weighted by Gasteiger charge is -2.35. The molecule has 0 radical (unpaired) electrons. The van der Waals surface area contributed by atoms with Crippen LogP contribution in [-0.2, 0) is 27.8 Å². The maximum Gasteiger partial charge on any atom is 0.314 e. The molecular weight excluding hydrogens is 586 g/mol. The van der Waals surface area contributed by atoms with Crippen molar-refractivity contribution in [3.05, 3.63) is 58.7 Å². The molecule has 240 valence electrons. The second-order valence-electron chi connectivity index (χ2n) is 13.6. The molecule has 2 fully saturated rings. The van der Waals surface area contributed by atoms with Crippen LogP contribution in [0.1, 0.15) is 99.8 Å². The molecule has 5 nitrogen and oxygen atoms in total. The summed E-state index contributed by atoms with van der Waals surface area (Å²) in [5.74, 6) is -10.0. The number of benzene rings is 2. The Balaban J connectivity index is 1.24. The molecule has 0 bridgehead atoms. The zero-order valence-corrected chi connectivity index (χ0v) is 25.6. The molecular formula is C36H39F4NO4. The standard InChI is InChI=1S/C36H39F4NO4/c1-22-11-12-25(20-35(22,37)38)32(42)44-28-9-4-6-23-15-17-34(30(23)28)18-16-24-7-5-10-29(31(24)34)45-33(43)26-13-14-27(8-2-3-19-41)36(39,40)21-26/h4-7,9-10,22,25-27H,2-3,8,11-18,20-21H2,1H3/t22?,25?,26?,27?,34-/m1/s1. The van der Waals surface area contributed by atoms with Crippen molar-refractivity contribution in [2.24, 2.45) is 23.7 Å². The van der Waals surface area contributed by atoms with Gasteiger partial charge in [-0.2, -0.15) is 5.26 Å². The summed E-state index contributed by atoms with van der Waals surface area (Å²) in [7, 11) is 0. The van der Waals surface area contributed by atoms with Crippen molar-refractivity contribution in [1.29, 1.82) is 5.26 Å². The molecule has 0 saturated heterocycles. The molecule has 6 rings (SSSR count). The van der Waals surface area contributed by atoms with Crippen LogP contribution in [0.4, 0.5) is 17.6 Å². The van der Waals surface area contributed by atoms with Crippen LogP contribution in [-0.4, -0.2) is 23.8 Å². The highest BCUT2D eigenvalue weighted by atomic mass is 19.3. The number of carbonyl (C=O) groups excluding carboxylic acids is 2. The zero-order chi connectivity index (χ0) is 32.0. The number of fused-ring (bicyclic) bond motifs is 4. The van der Waals surface area contributed by atoms with E-state index in [9.17, 15) is 18.4 Å². The number of ether oxygens (including phenoxy) is 2. The molecule has 9 heteroatoms. The maximum atomic E-state index is 15.0. The summed E-state index contributed by atoms with van der Waals surface area (Å²) in [5.41, 5.74) is 3.00. The Morgan fingerprint density at radius 3 is 1.87 bits per heavy atom. The number of hydrogen-bond acceptors (Lipinski definition) is 5. The van der Waals surface area contributed by atoms with Crippen molar-refractivity contribution >= 4 is 11.9 Å². The molecule has 2 aromatic carbocycles. The van der Waals surface area contributed by atoms with E-state index >= 15 is 8.78 Å². The van der Waals surface area contributed by atoms with Gasteiger partial charge in [-0.25, -0.2) is 17.6 Å². The molecule has 0 aliphatic heterocycles. The predicted molar refractivity (Wildman–Crippen MR) is 158 cm³/mol. The van der Waals surface area contributed by atoms with Gasteiger partial charge in [-0.3, -0.25) is 9.59 Å². The quantitative estimate of drug-likeness (QED) is 0.134. The predicted octanol–water partition coefficient (Wildman–Crippen LogP) is 8.49. The average molecular weight is 626 g/mol. The minimum Gasteiger partial charge on any atom is -0.426 e. The first-order valence-corrected chi connectivity index (χ1v) is 16.3. The lowest BCUT2D eigenvalue weighted by molar-refractivity contribution is -0.152. The largest absolute Gasteiger partial charge is 0.426 e. The summed E-state index contributed by atoms with van der Waals surface area (Å²) in [5, 5.41) is 8.77. The number of aryl methyl sites for hydroxylation is 2. The van der Waals surface area contributed by atoms with Crippen LogP contribution in [0.15, 0.2) is 36.4 Å². The van der Waals surface area contributed by atoms with E-state index in [1.807, 2.05) is 18.2 Å². The van der Waals surface area contributed by atoms with E-state index in [-0.39, 0.29) is 25.7 Å². The Labute approximate surface area is 261 Å². The van der Waals surface area contributed by atoms with Gasteiger partial charge in [-0.15, -0.1) is 0 Å². The number of nitriles is 1. The summed E-state index contributed by atoms with van der Waals surface area (Å²) >= 11 is 0. The van der Waals surface area contributed by atoms with Gasteiger partial charge in [0.1, 0.15) is 11.5 Å². The summed E-state index contributed by atoms with van der Waals surface area (Å²) in [4.78, 5) is 26.7. The highest BCUT2D eigenvalue weighted by molar-refractivity contribution is 5.78. The van der Waals surface area contributed by atoms with Crippen molar-refractivity contribution < 1.29 is 36.6 Å². The molecule has 0 aromatic heterocycles. The number of esters is 2. The fourth-order valence-electron chi connectivity index (χ4n) is 8.35. The molecule has 2 aromatic rings. The van der Waals surface area contributed by atoms with Crippen molar-refractivity contribution in [3.63, 3.8) is 0 Å². The fraction of sp³-hybridized carbons (Fsp3) is 0.583. The zero-order valence-electron chi connectivity index (χ0n) is 25.6. The number of halogens is 4. The number of nitrogens with zero attached hydrogens (tertiary/aromatic N) is 1. The second-order valence-corrected chi connectivity index (χ2v) is 13.6. The van der Waals surface area contributed by atoms with Crippen molar-refractivity contribution in [3.8, 4) is 17.6 Å². The van der Waals surface area contributed by atoms with Crippen LogP contribution >= 0.6 is 0 Å². The average Bonchev–Trinajstić information content (AvgIpc) is 3.57. The Morgan fingerprint density at radius 2 is 1.36 bits per heavy atom. The molecule has 1 spiro atoms. The van der Waals surface area contributed by atoms with E-state index in [1.165, 1.54) is 6.92 Å². The lowest BCUT2D eigenvalue weighted by atomic mass is 9.75. The highest BCUT2D eigenvalue weighted by Gasteiger charge is 2.51. The molecule has 0 heterocycles. The number of alkyl halides is 4. The minimum absolute atomic E-state index is 0.197. The van der Waals surface area contributed by atoms with Gasteiger partial charge in [0, 0.05) is 47.6 Å². The van der Waals surface area contributed by atoms with Gasteiger partial charge in [0.05, 0.1) is 17.9 Å². The Kier molecular flexibility index (Phi) is 8.47. The normalized spacial score (nSPS) is 29.4. The first-order valence-electron chi connectivity index (χ1n) is 16.3. The van der Waals surface area contributed by atoms with Gasteiger partial charge >= 0.3 is 11.9 Å². The van der Waals surface area contributed by atoms with Gasteiger partial charge in [-0.05, 0) is 87.5 Å². The first-order chi connectivity index (χ1) is 21.4. The molecule has 0 N–H and O–H groups in total. The maximum absolute atomic E-state index is 15.0. The third-order valence-corrected chi connectivity index (χ3v) is 10.9. The van der Waals surface area contributed by atoms with Gasteiger partial charge in [-0.1, -0.05) is 31.2 Å².